The van der Waals surface area contributed by atoms with Gasteiger partial charge >= 0.3 is 0 Å². The molecule has 0 aromatic carbocycles. The van der Waals surface area contributed by atoms with E-state index >= 15 is 0 Å². The molecule has 2 nitrogen and oxygen atoms in total. The second-order valence-corrected chi connectivity index (χ2v) is 3.44. The number of rotatable bonds is 0. The lowest BCUT2D eigenvalue weighted by Crippen LogP contribution is -2.06. The molecule has 1 atom stereocenters. The zero-order chi connectivity index (χ0) is 7.98. The fourth-order valence-electron chi connectivity index (χ4n) is 0.799. The second-order valence-electron chi connectivity index (χ2n) is 3.44. The van der Waals surface area contributed by atoms with Crippen molar-refractivity contribution >= 4 is 0 Å². The summed E-state index contributed by atoms with van der Waals surface area (Å²) in [5.74, 6) is 0.935. The van der Waals surface area contributed by atoms with Crippen molar-refractivity contribution in [2.24, 2.45) is 5.92 Å². The van der Waals surface area contributed by atoms with Gasteiger partial charge in [-0.25, -0.2) is 0 Å². The molecule has 1 heterocycles. The number of hydrogen-bond acceptors (Lipinski definition) is 2. The van der Waals surface area contributed by atoms with Crippen LogP contribution < -0.4 is 5.32 Å². The molecule has 0 radical (unpaired) electrons. The van der Waals surface area contributed by atoms with Crippen LogP contribution >= 0.6 is 0 Å². The number of nitrogens with zero attached hydrogens (tertiary/aromatic N) is 1. The van der Waals surface area contributed by atoms with Crippen LogP contribution in [0.5, 0.6) is 0 Å². The van der Waals surface area contributed by atoms with Crippen LogP contribution in [0, 0.1) is 5.92 Å². The number of hydrogen-bond donors (Lipinski definition) is 1. The molecule has 0 spiro atoms. The zero-order valence-corrected chi connectivity index (χ0v) is 7.65. The first-order valence-electron chi connectivity index (χ1n) is 3.94. The van der Waals surface area contributed by atoms with E-state index in [1.54, 1.807) is 0 Å². The Balaban J connectivity index is 0.000000180. The van der Waals surface area contributed by atoms with Crippen LogP contribution in [0.25, 0.3) is 0 Å². The first kappa shape index (κ1) is 9.92. The van der Waals surface area contributed by atoms with E-state index in [1.807, 2.05) is 26.0 Å². The van der Waals surface area contributed by atoms with Crippen molar-refractivity contribution in [1.29, 1.82) is 0 Å². The molecule has 0 bridgehead atoms. The van der Waals surface area contributed by atoms with Crippen LogP contribution in [0.4, 0.5) is 0 Å². The Labute approximate surface area is 64.6 Å². The van der Waals surface area contributed by atoms with Gasteiger partial charge in [-0.1, -0.05) is 6.92 Å². The van der Waals surface area contributed by atoms with Gasteiger partial charge in [0.1, 0.15) is 0 Å². The van der Waals surface area contributed by atoms with Crippen LogP contribution in [0.15, 0.2) is 0 Å². The van der Waals surface area contributed by atoms with E-state index in [9.17, 15) is 0 Å². The third kappa shape index (κ3) is 7.92. The van der Waals surface area contributed by atoms with Gasteiger partial charge in [-0.3, -0.25) is 0 Å². The van der Waals surface area contributed by atoms with Crippen LogP contribution in [0.3, 0.4) is 0 Å². The second kappa shape index (κ2) is 5.69. The fraction of sp³-hybridized carbons (Fsp3) is 1.00. The van der Waals surface area contributed by atoms with E-state index in [4.69, 9.17) is 0 Å². The van der Waals surface area contributed by atoms with Crippen molar-refractivity contribution in [3.05, 3.63) is 0 Å². The van der Waals surface area contributed by atoms with E-state index < -0.39 is 0 Å². The quantitative estimate of drug-likeness (QED) is 0.541. The number of nitrogens with one attached hydrogen (secondary N) is 1. The Morgan fingerprint density at radius 3 is 1.90 bits per heavy atom. The minimum atomic E-state index is 0.935. The lowest BCUT2D eigenvalue weighted by atomic mass is 10.2. The minimum absolute atomic E-state index is 0.935. The molecule has 10 heavy (non-hydrogen) atoms. The van der Waals surface area contributed by atoms with Gasteiger partial charge in [0, 0.05) is 0 Å². The SMILES string of the molecule is CC1CCNC1.CN(C)C. The van der Waals surface area contributed by atoms with Gasteiger partial charge in [0.2, 0.25) is 0 Å². The smallest absolute Gasteiger partial charge is 0.00227 e. The summed E-state index contributed by atoms with van der Waals surface area (Å²) in [5.41, 5.74) is 0. The van der Waals surface area contributed by atoms with Gasteiger partial charge in [0.15, 0.2) is 0 Å². The maximum absolute atomic E-state index is 3.27. The molecule has 0 aliphatic carbocycles. The molecule has 0 aromatic heterocycles. The van der Waals surface area contributed by atoms with Crippen LogP contribution in [0.2, 0.25) is 0 Å². The molecular formula is C8H20N2. The lowest BCUT2D eigenvalue weighted by molar-refractivity contribution is 0.505. The summed E-state index contributed by atoms with van der Waals surface area (Å²) in [6.07, 6.45) is 1.38. The molecule has 62 valence electrons. The molecule has 0 saturated carbocycles. The van der Waals surface area contributed by atoms with Gasteiger partial charge in [0.05, 0.1) is 0 Å². The Morgan fingerprint density at radius 1 is 1.30 bits per heavy atom. The van der Waals surface area contributed by atoms with Gasteiger partial charge in [0.25, 0.3) is 0 Å². The molecule has 1 fully saturated rings. The van der Waals surface area contributed by atoms with Crippen molar-refractivity contribution in [2.75, 3.05) is 34.2 Å². The summed E-state index contributed by atoms with van der Waals surface area (Å²) in [7, 11) is 6.00. The summed E-state index contributed by atoms with van der Waals surface area (Å²) in [6, 6.07) is 0. The highest BCUT2D eigenvalue weighted by atomic mass is 15.0. The van der Waals surface area contributed by atoms with Gasteiger partial charge in [-0.2, -0.15) is 0 Å². The van der Waals surface area contributed by atoms with E-state index in [2.05, 4.69) is 12.2 Å². The lowest BCUT2D eigenvalue weighted by Gasteiger charge is -1.90. The Bertz CT molecular complexity index is 62.9. The normalized spacial score (nSPS) is 24.3. The predicted molar refractivity (Wildman–Crippen MR) is 46.3 cm³/mol. The summed E-state index contributed by atoms with van der Waals surface area (Å²) < 4.78 is 0. The van der Waals surface area contributed by atoms with Crippen LogP contribution in [-0.2, 0) is 0 Å². The van der Waals surface area contributed by atoms with Gasteiger partial charge < -0.3 is 10.2 Å². The molecular weight excluding hydrogens is 124 g/mol. The Hall–Kier alpha value is -0.0800. The highest BCUT2D eigenvalue weighted by Crippen LogP contribution is 2.03. The van der Waals surface area contributed by atoms with E-state index in [0.717, 1.165) is 5.92 Å². The predicted octanol–water partition coefficient (Wildman–Crippen LogP) is 0.794. The largest absolute Gasteiger partial charge is 0.316 e. The summed E-state index contributed by atoms with van der Waals surface area (Å²) in [4.78, 5) is 2.00. The zero-order valence-electron chi connectivity index (χ0n) is 7.65. The first-order valence-corrected chi connectivity index (χ1v) is 3.94. The summed E-state index contributed by atoms with van der Waals surface area (Å²) in [6.45, 7) is 4.75. The minimum Gasteiger partial charge on any atom is -0.316 e. The molecule has 1 unspecified atom stereocenters. The molecule has 2 heteroatoms. The molecule has 1 N–H and O–H groups in total. The monoisotopic (exact) mass is 144 g/mol. The van der Waals surface area contributed by atoms with E-state index in [1.165, 1.54) is 19.5 Å². The molecule has 1 aliphatic heterocycles. The van der Waals surface area contributed by atoms with Crippen molar-refractivity contribution in [3.8, 4) is 0 Å². The average molecular weight is 144 g/mol. The maximum atomic E-state index is 3.27. The molecule has 0 aromatic rings. The van der Waals surface area contributed by atoms with Crippen molar-refractivity contribution in [1.82, 2.24) is 10.2 Å². The Morgan fingerprint density at radius 2 is 1.80 bits per heavy atom. The topological polar surface area (TPSA) is 15.3 Å². The average Bonchev–Trinajstić information content (AvgIpc) is 2.15. The third-order valence-corrected chi connectivity index (χ3v) is 1.31. The summed E-state index contributed by atoms with van der Waals surface area (Å²) in [5, 5.41) is 3.27. The van der Waals surface area contributed by atoms with E-state index in [0.29, 0.717) is 0 Å². The highest BCUT2D eigenvalue weighted by molar-refractivity contribution is 4.65. The van der Waals surface area contributed by atoms with Crippen molar-refractivity contribution < 1.29 is 0 Å². The third-order valence-electron chi connectivity index (χ3n) is 1.31. The molecule has 1 saturated heterocycles. The highest BCUT2D eigenvalue weighted by Gasteiger charge is 2.06. The van der Waals surface area contributed by atoms with Crippen LogP contribution in [-0.4, -0.2) is 39.1 Å². The van der Waals surface area contributed by atoms with Gasteiger partial charge in [-0.05, 0) is 46.6 Å². The molecule has 1 aliphatic rings. The standard InChI is InChI=1S/C5H11N.C3H9N/c1-5-2-3-6-4-5;1-4(2)3/h5-6H,2-4H2,1H3;1-3H3. The van der Waals surface area contributed by atoms with Crippen molar-refractivity contribution in [3.63, 3.8) is 0 Å². The van der Waals surface area contributed by atoms with Crippen molar-refractivity contribution in [2.45, 2.75) is 13.3 Å². The van der Waals surface area contributed by atoms with Crippen LogP contribution in [0.1, 0.15) is 13.3 Å². The Kier molecular flexibility index (Phi) is 5.64. The molecule has 1 rings (SSSR count). The van der Waals surface area contributed by atoms with Gasteiger partial charge in [-0.15, -0.1) is 0 Å². The first-order chi connectivity index (χ1) is 4.63. The summed E-state index contributed by atoms with van der Waals surface area (Å²) >= 11 is 0. The molecule has 0 amide bonds. The van der Waals surface area contributed by atoms with E-state index in [-0.39, 0.29) is 0 Å². The maximum Gasteiger partial charge on any atom is -0.00227 e. The fourth-order valence-corrected chi connectivity index (χ4v) is 0.799.